The summed E-state index contributed by atoms with van der Waals surface area (Å²) in [5.41, 5.74) is 3.18. The number of nitrogens with zero attached hydrogens (tertiary/aromatic N) is 3. The maximum Gasteiger partial charge on any atom is 0.243 e. The summed E-state index contributed by atoms with van der Waals surface area (Å²) in [6.07, 6.45) is 0. The minimum Gasteiger partial charge on any atom is -0.497 e. The molecule has 0 unspecified atom stereocenters. The van der Waals surface area contributed by atoms with Gasteiger partial charge >= 0.3 is 0 Å². The second kappa shape index (κ2) is 7.73. The number of aromatic nitrogens is 2. The molecule has 0 spiro atoms. The number of rotatable bonds is 6. The minimum atomic E-state index is -3.73. The smallest absolute Gasteiger partial charge is 0.243 e. The van der Waals surface area contributed by atoms with Gasteiger partial charge in [-0.1, -0.05) is 35.0 Å². The van der Waals surface area contributed by atoms with Crippen LogP contribution in [-0.4, -0.2) is 37.0 Å². The standard InChI is InChI=1S/C20H23N3O4S/c1-13-6-8-16(9-7-13)20-21-18(27-22-20)12-23(4)28(24,25)19-14(2)10-17(26-5)11-15(19)3/h6-11H,12H2,1-5H3. The number of benzene rings is 2. The van der Waals surface area contributed by atoms with Crippen molar-refractivity contribution in [1.29, 1.82) is 0 Å². The number of methoxy groups -OCH3 is 1. The zero-order valence-electron chi connectivity index (χ0n) is 16.6. The summed E-state index contributed by atoms with van der Waals surface area (Å²) in [5, 5.41) is 3.96. The molecule has 0 fully saturated rings. The lowest BCUT2D eigenvalue weighted by Crippen LogP contribution is -2.28. The normalized spacial score (nSPS) is 11.8. The molecule has 2 aromatic carbocycles. The predicted molar refractivity (Wildman–Crippen MR) is 106 cm³/mol. The highest BCUT2D eigenvalue weighted by molar-refractivity contribution is 7.89. The van der Waals surface area contributed by atoms with Gasteiger partial charge in [-0.3, -0.25) is 0 Å². The van der Waals surface area contributed by atoms with Crippen LogP contribution < -0.4 is 4.74 Å². The Kier molecular flexibility index (Phi) is 5.53. The van der Waals surface area contributed by atoms with Crippen molar-refractivity contribution in [3.8, 4) is 17.1 Å². The van der Waals surface area contributed by atoms with Crippen molar-refractivity contribution in [2.24, 2.45) is 0 Å². The lowest BCUT2D eigenvalue weighted by atomic mass is 10.1. The van der Waals surface area contributed by atoms with Crippen LogP contribution in [0.1, 0.15) is 22.6 Å². The quantitative estimate of drug-likeness (QED) is 0.628. The first-order chi connectivity index (χ1) is 13.2. The number of aryl methyl sites for hydroxylation is 3. The molecular formula is C20H23N3O4S. The molecule has 0 aliphatic heterocycles. The zero-order valence-corrected chi connectivity index (χ0v) is 17.4. The van der Waals surface area contributed by atoms with Crippen LogP contribution in [0.2, 0.25) is 0 Å². The van der Waals surface area contributed by atoms with Gasteiger partial charge in [-0.05, 0) is 44.0 Å². The van der Waals surface area contributed by atoms with Crippen molar-refractivity contribution in [2.75, 3.05) is 14.2 Å². The fourth-order valence-electron chi connectivity index (χ4n) is 3.01. The lowest BCUT2D eigenvalue weighted by molar-refractivity contribution is 0.336. The molecule has 1 aromatic heterocycles. The molecule has 1 heterocycles. The zero-order chi connectivity index (χ0) is 20.5. The van der Waals surface area contributed by atoms with E-state index in [1.165, 1.54) is 11.4 Å². The fraction of sp³-hybridized carbons (Fsp3) is 0.300. The summed E-state index contributed by atoms with van der Waals surface area (Å²) < 4.78 is 37.9. The van der Waals surface area contributed by atoms with Crippen LogP contribution in [0.25, 0.3) is 11.4 Å². The summed E-state index contributed by atoms with van der Waals surface area (Å²) in [7, 11) is -0.689. The third-order valence-electron chi connectivity index (χ3n) is 4.47. The summed E-state index contributed by atoms with van der Waals surface area (Å²) in [6.45, 7) is 5.47. The molecule has 148 valence electrons. The Labute approximate surface area is 165 Å². The molecule has 28 heavy (non-hydrogen) atoms. The van der Waals surface area contributed by atoms with Gasteiger partial charge in [-0.2, -0.15) is 9.29 Å². The van der Waals surface area contributed by atoms with Gasteiger partial charge in [0.05, 0.1) is 18.6 Å². The molecular weight excluding hydrogens is 378 g/mol. The van der Waals surface area contributed by atoms with Gasteiger partial charge in [0.25, 0.3) is 0 Å². The Bertz CT molecular complexity index is 1070. The second-order valence-corrected chi connectivity index (χ2v) is 8.71. The SMILES string of the molecule is COc1cc(C)c(S(=O)(=O)N(C)Cc2nc(-c3ccc(C)cc3)no2)c(C)c1. The van der Waals surface area contributed by atoms with E-state index in [4.69, 9.17) is 9.26 Å². The molecule has 0 radical (unpaired) electrons. The van der Waals surface area contributed by atoms with E-state index in [0.717, 1.165) is 11.1 Å². The molecule has 3 aromatic rings. The highest BCUT2D eigenvalue weighted by Gasteiger charge is 2.27. The number of hydrogen-bond acceptors (Lipinski definition) is 6. The second-order valence-electron chi connectivity index (χ2n) is 6.73. The fourth-order valence-corrected chi connectivity index (χ4v) is 4.53. The summed E-state index contributed by atoms with van der Waals surface area (Å²) in [6, 6.07) is 11.1. The summed E-state index contributed by atoms with van der Waals surface area (Å²) in [4.78, 5) is 4.58. The van der Waals surface area contributed by atoms with Crippen molar-refractivity contribution in [3.05, 3.63) is 59.0 Å². The van der Waals surface area contributed by atoms with Gasteiger partial charge in [-0.15, -0.1) is 0 Å². The molecule has 0 saturated heterocycles. The van der Waals surface area contributed by atoms with Gasteiger partial charge in [-0.25, -0.2) is 8.42 Å². The van der Waals surface area contributed by atoms with E-state index in [0.29, 0.717) is 22.7 Å². The number of hydrogen-bond donors (Lipinski definition) is 0. The third-order valence-corrected chi connectivity index (χ3v) is 6.58. The highest BCUT2D eigenvalue weighted by Crippen LogP contribution is 2.28. The third kappa shape index (κ3) is 3.93. The van der Waals surface area contributed by atoms with Crippen molar-refractivity contribution in [3.63, 3.8) is 0 Å². The van der Waals surface area contributed by atoms with Gasteiger partial charge in [0, 0.05) is 12.6 Å². The molecule has 3 rings (SSSR count). The molecule has 0 N–H and O–H groups in total. The number of sulfonamides is 1. The molecule has 0 saturated carbocycles. The van der Waals surface area contributed by atoms with Crippen LogP contribution in [0.4, 0.5) is 0 Å². The van der Waals surface area contributed by atoms with Gasteiger partial charge in [0.2, 0.25) is 21.7 Å². The van der Waals surface area contributed by atoms with E-state index in [1.54, 1.807) is 33.1 Å². The van der Waals surface area contributed by atoms with E-state index in [-0.39, 0.29) is 17.3 Å². The van der Waals surface area contributed by atoms with Crippen LogP contribution in [0.5, 0.6) is 5.75 Å². The topological polar surface area (TPSA) is 85.5 Å². The van der Waals surface area contributed by atoms with Gasteiger partial charge in [0.15, 0.2) is 0 Å². The Morgan fingerprint density at radius 2 is 1.68 bits per heavy atom. The average Bonchev–Trinajstić information content (AvgIpc) is 3.09. The summed E-state index contributed by atoms with van der Waals surface area (Å²) >= 11 is 0. The molecule has 0 atom stereocenters. The van der Waals surface area contributed by atoms with Crippen LogP contribution in [0, 0.1) is 20.8 Å². The highest BCUT2D eigenvalue weighted by atomic mass is 32.2. The van der Waals surface area contributed by atoms with Crippen LogP contribution in [-0.2, 0) is 16.6 Å². The lowest BCUT2D eigenvalue weighted by Gasteiger charge is -2.19. The van der Waals surface area contributed by atoms with Crippen LogP contribution >= 0.6 is 0 Å². The molecule has 0 aliphatic carbocycles. The first kappa shape index (κ1) is 20.0. The first-order valence-electron chi connectivity index (χ1n) is 8.73. The monoisotopic (exact) mass is 401 g/mol. The van der Waals surface area contributed by atoms with Crippen LogP contribution in [0.15, 0.2) is 45.8 Å². The van der Waals surface area contributed by atoms with Gasteiger partial charge in [0.1, 0.15) is 5.75 Å². The molecule has 0 amide bonds. The predicted octanol–water partition coefficient (Wildman–Crippen LogP) is 3.49. The molecule has 0 bridgehead atoms. The van der Waals surface area contributed by atoms with E-state index < -0.39 is 10.0 Å². The Morgan fingerprint density at radius 1 is 1.07 bits per heavy atom. The van der Waals surface area contributed by atoms with Crippen molar-refractivity contribution in [1.82, 2.24) is 14.4 Å². The van der Waals surface area contributed by atoms with E-state index in [2.05, 4.69) is 10.1 Å². The van der Waals surface area contributed by atoms with Crippen molar-refractivity contribution in [2.45, 2.75) is 32.2 Å². The van der Waals surface area contributed by atoms with E-state index in [1.807, 2.05) is 31.2 Å². The molecule has 7 nitrogen and oxygen atoms in total. The van der Waals surface area contributed by atoms with Gasteiger partial charge < -0.3 is 9.26 Å². The molecule has 0 aliphatic rings. The minimum absolute atomic E-state index is 0.0217. The molecule has 8 heteroatoms. The van der Waals surface area contributed by atoms with Crippen LogP contribution in [0.3, 0.4) is 0 Å². The number of ether oxygens (including phenoxy) is 1. The average molecular weight is 401 g/mol. The van der Waals surface area contributed by atoms with Crippen molar-refractivity contribution < 1.29 is 17.7 Å². The largest absolute Gasteiger partial charge is 0.497 e. The maximum atomic E-state index is 13.1. The Hall–Kier alpha value is -2.71. The Balaban J connectivity index is 1.85. The summed E-state index contributed by atoms with van der Waals surface area (Å²) in [5.74, 6) is 1.28. The van der Waals surface area contributed by atoms with E-state index >= 15 is 0 Å². The van der Waals surface area contributed by atoms with E-state index in [9.17, 15) is 8.42 Å². The first-order valence-corrected chi connectivity index (χ1v) is 10.2. The Morgan fingerprint density at radius 3 is 2.25 bits per heavy atom. The van der Waals surface area contributed by atoms with Crippen molar-refractivity contribution >= 4 is 10.0 Å². The maximum absolute atomic E-state index is 13.1.